The number of hydrogen-bond acceptors (Lipinski definition) is 4. The summed E-state index contributed by atoms with van der Waals surface area (Å²) in [5, 5.41) is 7.96. The number of rotatable bonds is 3. The van der Waals surface area contributed by atoms with Crippen LogP contribution in [0.2, 0.25) is 0 Å². The van der Waals surface area contributed by atoms with Gasteiger partial charge in [-0.3, -0.25) is 4.79 Å². The van der Waals surface area contributed by atoms with Crippen LogP contribution in [0.1, 0.15) is 23.3 Å². The lowest BCUT2D eigenvalue weighted by Gasteiger charge is -2.08. The van der Waals surface area contributed by atoms with Crippen molar-refractivity contribution in [3.8, 4) is 5.69 Å². The molecule has 1 unspecified atom stereocenters. The number of Topliss-reactive ketones (excluding diaryl/α,β-unsaturated/α-hetero) is 1. The first-order valence-corrected chi connectivity index (χ1v) is 7.03. The van der Waals surface area contributed by atoms with Gasteiger partial charge in [-0.25, -0.2) is 4.68 Å². The van der Waals surface area contributed by atoms with Crippen LogP contribution in [0.5, 0.6) is 0 Å². The fourth-order valence-corrected chi connectivity index (χ4v) is 3.34. The molecular formula is C13H13N3OS. The van der Waals surface area contributed by atoms with E-state index < -0.39 is 0 Å². The molecule has 92 valence electrons. The van der Waals surface area contributed by atoms with Crippen molar-refractivity contribution in [3.63, 3.8) is 0 Å². The fraction of sp³-hybridized carbons (Fsp3) is 0.308. The summed E-state index contributed by atoms with van der Waals surface area (Å²) >= 11 is 1.73. The van der Waals surface area contributed by atoms with Crippen LogP contribution >= 0.6 is 11.8 Å². The summed E-state index contributed by atoms with van der Waals surface area (Å²) in [6.07, 6.45) is 3.64. The standard InChI is InChI=1S/C13H13N3OS/c17-13(12-7-4-8-18-12)11-9-14-15-16(11)10-5-2-1-3-6-10/h1-3,5-6,9,12H,4,7-8H2. The van der Waals surface area contributed by atoms with Crippen molar-refractivity contribution in [2.45, 2.75) is 18.1 Å². The van der Waals surface area contributed by atoms with Crippen LogP contribution in [0.15, 0.2) is 36.5 Å². The molecule has 1 fully saturated rings. The van der Waals surface area contributed by atoms with Crippen molar-refractivity contribution >= 4 is 17.5 Å². The third kappa shape index (κ3) is 2.06. The molecule has 1 aromatic carbocycles. The molecule has 0 radical (unpaired) electrons. The average Bonchev–Trinajstić information content (AvgIpc) is 3.10. The van der Waals surface area contributed by atoms with Crippen molar-refractivity contribution in [1.82, 2.24) is 15.0 Å². The van der Waals surface area contributed by atoms with Gasteiger partial charge in [0.2, 0.25) is 0 Å². The molecule has 1 atom stereocenters. The van der Waals surface area contributed by atoms with E-state index in [2.05, 4.69) is 10.3 Å². The van der Waals surface area contributed by atoms with Crippen molar-refractivity contribution in [2.75, 3.05) is 5.75 Å². The second kappa shape index (κ2) is 4.94. The highest BCUT2D eigenvalue weighted by Gasteiger charge is 2.27. The van der Waals surface area contributed by atoms with E-state index in [9.17, 15) is 4.79 Å². The maximum absolute atomic E-state index is 12.4. The first-order valence-electron chi connectivity index (χ1n) is 5.98. The Morgan fingerprint density at radius 1 is 1.33 bits per heavy atom. The average molecular weight is 259 g/mol. The number of nitrogens with zero attached hydrogens (tertiary/aromatic N) is 3. The van der Waals surface area contributed by atoms with Gasteiger partial charge in [0.15, 0.2) is 5.78 Å². The normalized spacial score (nSPS) is 19.0. The lowest BCUT2D eigenvalue weighted by atomic mass is 10.1. The number of aromatic nitrogens is 3. The molecule has 1 aromatic heterocycles. The third-order valence-corrected chi connectivity index (χ3v) is 4.40. The van der Waals surface area contributed by atoms with Crippen LogP contribution in [0.3, 0.4) is 0 Å². The lowest BCUT2D eigenvalue weighted by molar-refractivity contribution is 0.0981. The van der Waals surface area contributed by atoms with Crippen LogP contribution in [-0.4, -0.2) is 31.8 Å². The van der Waals surface area contributed by atoms with Crippen molar-refractivity contribution in [1.29, 1.82) is 0 Å². The molecule has 0 bridgehead atoms. The van der Waals surface area contributed by atoms with Crippen molar-refractivity contribution in [3.05, 3.63) is 42.2 Å². The zero-order valence-electron chi connectivity index (χ0n) is 9.82. The first-order chi connectivity index (χ1) is 8.86. The molecule has 1 aliphatic rings. The molecule has 3 rings (SSSR count). The highest BCUT2D eigenvalue weighted by Crippen LogP contribution is 2.29. The predicted octanol–water partition coefficient (Wildman–Crippen LogP) is 2.35. The zero-order valence-corrected chi connectivity index (χ0v) is 10.6. The molecule has 2 aromatic rings. The fourth-order valence-electron chi connectivity index (χ4n) is 2.11. The SMILES string of the molecule is O=C(c1cnnn1-c1ccccc1)C1CCCS1. The summed E-state index contributed by atoms with van der Waals surface area (Å²) in [5.74, 6) is 1.22. The Morgan fingerprint density at radius 3 is 2.89 bits per heavy atom. The van der Waals surface area contributed by atoms with Gasteiger partial charge < -0.3 is 0 Å². The van der Waals surface area contributed by atoms with Gasteiger partial charge in [0.25, 0.3) is 0 Å². The van der Waals surface area contributed by atoms with Crippen molar-refractivity contribution in [2.24, 2.45) is 0 Å². The third-order valence-electron chi connectivity index (χ3n) is 3.02. The van der Waals surface area contributed by atoms with Gasteiger partial charge in [-0.2, -0.15) is 11.8 Å². The second-order valence-corrected chi connectivity index (χ2v) is 5.54. The smallest absolute Gasteiger partial charge is 0.195 e. The molecule has 0 amide bonds. The monoisotopic (exact) mass is 259 g/mol. The molecule has 0 saturated carbocycles. The topological polar surface area (TPSA) is 47.8 Å². The summed E-state index contributed by atoms with van der Waals surface area (Å²) in [5.41, 5.74) is 1.46. The molecule has 18 heavy (non-hydrogen) atoms. The van der Waals surface area contributed by atoms with Gasteiger partial charge in [-0.1, -0.05) is 23.4 Å². The molecule has 2 heterocycles. The Balaban J connectivity index is 1.94. The molecule has 0 N–H and O–H groups in total. The van der Waals surface area contributed by atoms with Crippen LogP contribution in [-0.2, 0) is 0 Å². The lowest BCUT2D eigenvalue weighted by Crippen LogP contribution is -2.18. The van der Waals surface area contributed by atoms with Crippen LogP contribution in [0, 0.1) is 0 Å². The van der Waals surface area contributed by atoms with E-state index in [1.165, 1.54) is 0 Å². The number of hydrogen-bond donors (Lipinski definition) is 0. The number of carbonyl (C=O) groups is 1. The Morgan fingerprint density at radius 2 is 2.17 bits per heavy atom. The van der Waals surface area contributed by atoms with E-state index in [0.717, 1.165) is 24.3 Å². The summed E-state index contributed by atoms with van der Waals surface area (Å²) in [6, 6.07) is 9.64. The van der Waals surface area contributed by atoms with E-state index in [4.69, 9.17) is 0 Å². The molecule has 0 aliphatic carbocycles. The predicted molar refractivity (Wildman–Crippen MR) is 71.2 cm³/mol. The molecule has 1 aliphatic heterocycles. The summed E-state index contributed by atoms with van der Waals surface area (Å²) in [4.78, 5) is 12.4. The van der Waals surface area contributed by atoms with Gasteiger partial charge in [0, 0.05) is 0 Å². The Labute approximate surface area is 109 Å². The highest BCUT2D eigenvalue weighted by atomic mass is 32.2. The second-order valence-electron chi connectivity index (χ2n) is 4.23. The number of benzene rings is 1. The van der Waals surface area contributed by atoms with E-state index in [0.29, 0.717) is 5.69 Å². The van der Waals surface area contributed by atoms with Gasteiger partial charge in [-0.05, 0) is 30.7 Å². The minimum absolute atomic E-state index is 0.0750. The number of thioether (sulfide) groups is 1. The largest absolute Gasteiger partial charge is 0.291 e. The van der Waals surface area contributed by atoms with Gasteiger partial charge in [-0.15, -0.1) is 5.10 Å². The molecule has 5 heteroatoms. The van der Waals surface area contributed by atoms with Crippen molar-refractivity contribution < 1.29 is 4.79 Å². The maximum atomic E-state index is 12.4. The minimum Gasteiger partial charge on any atom is -0.291 e. The number of ketones is 1. The molecule has 4 nitrogen and oxygen atoms in total. The summed E-state index contributed by atoms with van der Waals surface area (Å²) < 4.78 is 1.63. The van der Waals surface area contributed by atoms with Gasteiger partial charge in [0.1, 0.15) is 5.69 Å². The number of para-hydroxylation sites is 1. The molecule has 0 spiro atoms. The first kappa shape index (κ1) is 11.5. The Kier molecular flexibility index (Phi) is 3.15. The van der Waals surface area contributed by atoms with E-state index in [1.807, 2.05) is 30.3 Å². The number of carbonyl (C=O) groups excluding carboxylic acids is 1. The summed E-state index contributed by atoms with van der Waals surface area (Å²) in [7, 11) is 0. The highest BCUT2D eigenvalue weighted by molar-refractivity contribution is 8.00. The van der Waals surface area contributed by atoms with Crippen LogP contribution < -0.4 is 0 Å². The summed E-state index contributed by atoms with van der Waals surface area (Å²) in [6.45, 7) is 0. The van der Waals surface area contributed by atoms with Crippen LogP contribution in [0.25, 0.3) is 5.69 Å². The van der Waals surface area contributed by atoms with E-state index in [1.54, 1.807) is 22.6 Å². The van der Waals surface area contributed by atoms with Crippen LogP contribution in [0.4, 0.5) is 0 Å². The van der Waals surface area contributed by atoms with E-state index in [-0.39, 0.29) is 11.0 Å². The minimum atomic E-state index is 0.0750. The molecule has 1 saturated heterocycles. The van der Waals surface area contributed by atoms with Gasteiger partial charge in [0.05, 0.1) is 17.1 Å². The Hall–Kier alpha value is -1.62. The zero-order chi connectivity index (χ0) is 12.4. The Bertz CT molecular complexity index is 546. The van der Waals surface area contributed by atoms with E-state index >= 15 is 0 Å². The maximum Gasteiger partial charge on any atom is 0.195 e. The molecular weight excluding hydrogens is 246 g/mol. The quantitative estimate of drug-likeness (QED) is 0.794. The van der Waals surface area contributed by atoms with Gasteiger partial charge >= 0.3 is 0 Å².